The SMILES string of the molecule is CCOc1cc([C@H]2C(C(=O)OC[C@@H]3CCCO3)=C(C)NC3=C2C(=O)C[C@H](c2cccs2)C3)ccc1O. The van der Waals surface area contributed by atoms with Crippen molar-refractivity contribution in [2.24, 2.45) is 0 Å². The largest absolute Gasteiger partial charge is 0.504 e. The molecule has 0 radical (unpaired) electrons. The number of esters is 1. The van der Waals surface area contributed by atoms with Crippen LogP contribution in [0.25, 0.3) is 0 Å². The van der Waals surface area contributed by atoms with Gasteiger partial charge in [-0.05, 0) is 62.3 Å². The minimum absolute atomic E-state index is 0.00936. The Morgan fingerprint density at radius 2 is 2.14 bits per heavy atom. The van der Waals surface area contributed by atoms with Crippen molar-refractivity contribution >= 4 is 23.1 Å². The molecule has 1 fully saturated rings. The van der Waals surface area contributed by atoms with E-state index < -0.39 is 11.9 Å². The van der Waals surface area contributed by atoms with Crippen LogP contribution >= 0.6 is 11.3 Å². The number of aromatic hydroxyl groups is 1. The summed E-state index contributed by atoms with van der Waals surface area (Å²) in [5, 5.41) is 15.7. The molecule has 3 aliphatic rings. The number of Topliss-reactive ketones (excluding diaryl/α,β-unsaturated/α-hetero) is 1. The number of thiophene rings is 1. The molecule has 5 rings (SSSR count). The lowest BCUT2D eigenvalue weighted by Gasteiger charge is -2.36. The first-order chi connectivity index (χ1) is 17.5. The van der Waals surface area contributed by atoms with Gasteiger partial charge in [-0.3, -0.25) is 4.79 Å². The Labute approximate surface area is 214 Å². The number of ether oxygens (including phenoxy) is 3. The Kier molecular flexibility index (Phi) is 7.16. The van der Waals surface area contributed by atoms with Gasteiger partial charge in [-0.1, -0.05) is 12.1 Å². The molecule has 0 unspecified atom stereocenters. The molecule has 2 aliphatic heterocycles. The zero-order valence-corrected chi connectivity index (χ0v) is 21.4. The number of hydrogen-bond donors (Lipinski definition) is 2. The second-order valence-electron chi connectivity index (χ2n) is 9.43. The van der Waals surface area contributed by atoms with E-state index in [-0.39, 0.29) is 30.2 Å². The topological polar surface area (TPSA) is 94.1 Å². The number of benzene rings is 1. The molecule has 2 aromatic rings. The standard InChI is InChI=1S/C28H31NO6S/c1-3-33-23-14-17(8-9-21(23)30)26-25(28(32)35-15-19-6-4-10-34-19)16(2)29-20-12-18(13-22(31)27(20)26)24-7-5-11-36-24/h5,7-9,11,14,18-19,26,29-30H,3-4,6,10,12-13,15H2,1-2H3/t18-,19+,26+/m1/s1. The van der Waals surface area contributed by atoms with Crippen LogP contribution in [0.3, 0.4) is 0 Å². The zero-order chi connectivity index (χ0) is 25.2. The first-order valence-corrected chi connectivity index (χ1v) is 13.4. The fourth-order valence-electron chi connectivity index (χ4n) is 5.37. The third-order valence-electron chi connectivity index (χ3n) is 7.03. The van der Waals surface area contributed by atoms with E-state index in [4.69, 9.17) is 14.2 Å². The zero-order valence-electron chi connectivity index (χ0n) is 20.5. The number of phenols is 1. The molecule has 3 atom stereocenters. The van der Waals surface area contributed by atoms with E-state index in [9.17, 15) is 14.7 Å². The van der Waals surface area contributed by atoms with E-state index in [1.807, 2.05) is 25.3 Å². The molecule has 190 valence electrons. The summed E-state index contributed by atoms with van der Waals surface area (Å²) in [6.07, 6.45) is 2.79. The Morgan fingerprint density at radius 1 is 1.28 bits per heavy atom. The highest BCUT2D eigenvalue weighted by atomic mass is 32.1. The van der Waals surface area contributed by atoms with Crippen molar-refractivity contribution in [3.8, 4) is 11.5 Å². The van der Waals surface area contributed by atoms with Crippen molar-refractivity contribution in [1.82, 2.24) is 5.32 Å². The van der Waals surface area contributed by atoms with Gasteiger partial charge in [-0.25, -0.2) is 4.79 Å². The van der Waals surface area contributed by atoms with Gasteiger partial charge >= 0.3 is 5.97 Å². The van der Waals surface area contributed by atoms with Gasteiger partial charge < -0.3 is 24.6 Å². The number of allylic oxidation sites excluding steroid dienone is 3. The van der Waals surface area contributed by atoms with Crippen LogP contribution in [-0.4, -0.2) is 42.8 Å². The molecule has 8 heteroatoms. The second-order valence-corrected chi connectivity index (χ2v) is 10.4. The lowest BCUT2D eigenvalue weighted by Crippen LogP contribution is -2.36. The number of hydrogen-bond acceptors (Lipinski definition) is 8. The van der Waals surface area contributed by atoms with E-state index in [0.29, 0.717) is 54.2 Å². The maximum Gasteiger partial charge on any atom is 0.336 e. The van der Waals surface area contributed by atoms with E-state index in [0.717, 1.165) is 18.5 Å². The van der Waals surface area contributed by atoms with Crippen molar-refractivity contribution in [3.05, 3.63) is 68.7 Å². The van der Waals surface area contributed by atoms with Gasteiger partial charge in [0.05, 0.1) is 18.3 Å². The highest BCUT2D eigenvalue weighted by Crippen LogP contribution is 2.47. The predicted octanol–water partition coefficient (Wildman–Crippen LogP) is 4.94. The van der Waals surface area contributed by atoms with Crippen molar-refractivity contribution < 1.29 is 28.9 Å². The van der Waals surface area contributed by atoms with Gasteiger partial charge in [-0.2, -0.15) is 0 Å². The summed E-state index contributed by atoms with van der Waals surface area (Å²) in [4.78, 5) is 28.3. The molecule has 2 N–H and O–H groups in total. The highest BCUT2D eigenvalue weighted by Gasteiger charge is 2.42. The predicted molar refractivity (Wildman–Crippen MR) is 136 cm³/mol. The van der Waals surface area contributed by atoms with Crippen LogP contribution in [-0.2, 0) is 19.1 Å². The third-order valence-corrected chi connectivity index (χ3v) is 8.07. The molecule has 0 spiro atoms. The van der Waals surface area contributed by atoms with E-state index in [1.165, 1.54) is 4.88 Å². The number of phenolic OH excluding ortho intramolecular Hbond substituents is 1. The number of carbonyl (C=O) groups is 2. The molecule has 1 saturated heterocycles. The Balaban J connectivity index is 1.53. The molecule has 3 heterocycles. The van der Waals surface area contributed by atoms with Crippen LogP contribution in [0.4, 0.5) is 0 Å². The quantitative estimate of drug-likeness (QED) is 0.511. The number of ketones is 1. The van der Waals surface area contributed by atoms with Crippen LogP contribution in [0.1, 0.15) is 61.8 Å². The lowest BCUT2D eigenvalue weighted by molar-refractivity contribution is -0.142. The molecular formula is C28H31NO6S. The summed E-state index contributed by atoms with van der Waals surface area (Å²) in [7, 11) is 0. The Morgan fingerprint density at radius 3 is 2.86 bits per heavy atom. The molecule has 0 amide bonds. The van der Waals surface area contributed by atoms with Crippen LogP contribution in [0.2, 0.25) is 0 Å². The van der Waals surface area contributed by atoms with Crippen molar-refractivity contribution in [3.63, 3.8) is 0 Å². The number of carbonyl (C=O) groups excluding carboxylic acids is 2. The number of rotatable bonds is 7. The maximum atomic E-state index is 13.7. The summed E-state index contributed by atoms with van der Waals surface area (Å²) in [5.41, 5.74) is 3.21. The average molecular weight is 510 g/mol. The van der Waals surface area contributed by atoms with Crippen LogP contribution in [0, 0.1) is 0 Å². The third kappa shape index (κ3) is 4.80. The summed E-state index contributed by atoms with van der Waals surface area (Å²) < 4.78 is 16.9. The molecule has 1 aliphatic carbocycles. The lowest BCUT2D eigenvalue weighted by atomic mass is 9.72. The summed E-state index contributed by atoms with van der Waals surface area (Å²) in [6.45, 7) is 4.93. The van der Waals surface area contributed by atoms with Gasteiger partial charge in [0, 0.05) is 46.7 Å². The highest BCUT2D eigenvalue weighted by molar-refractivity contribution is 7.10. The second kappa shape index (κ2) is 10.5. The molecule has 7 nitrogen and oxygen atoms in total. The Hall–Kier alpha value is -3.10. The minimum atomic E-state index is -0.616. The first-order valence-electron chi connectivity index (χ1n) is 12.5. The van der Waals surface area contributed by atoms with E-state index in [1.54, 1.807) is 29.5 Å². The van der Waals surface area contributed by atoms with Crippen molar-refractivity contribution in [1.29, 1.82) is 0 Å². The van der Waals surface area contributed by atoms with Gasteiger partial charge in [0.15, 0.2) is 17.3 Å². The molecule has 1 aromatic carbocycles. The maximum absolute atomic E-state index is 13.7. The van der Waals surface area contributed by atoms with Crippen LogP contribution < -0.4 is 10.1 Å². The van der Waals surface area contributed by atoms with E-state index >= 15 is 0 Å². The molecule has 0 saturated carbocycles. The van der Waals surface area contributed by atoms with Crippen LogP contribution in [0.5, 0.6) is 11.5 Å². The van der Waals surface area contributed by atoms with Crippen molar-refractivity contribution in [2.75, 3.05) is 19.8 Å². The average Bonchev–Trinajstić information content (AvgIpc) is 3.58. The molecule has 36 heavy (non-hydrogen) atoms. The van der Waals surface area contributed by atoms with E-state index in [2.05, 4.69) is 11.4 Å². The van der Waals surface area contributed by atoms with Crippen LogP contribution in [0.15, 0.2) is 58.3 Å². The molecule has 1 aromatic heterocycles. The summed E-state index contributed by atoms with van der Waals surface area (Å²) >= 11 is 1.66. The number of dihydropyridines is 1. The molecule has 0 bridgehead atoms. The van der Waals surface area contributed by atoms with Gasteiger partial charge in [0.25, 0.3) is 0 Å². The monoisotopic (exact) mass is 509 g/mol. The van der Waals surface area contributed by atoms with Crippen molar-refractivity contribution in [2.45, 2.75) is 57.5 Å². The summed E-state index contributed by atoms with van der Waals surface area (Å²) in [5.74, 6) is -0.639. The smallest absolute Gasteiger partial charge is 0.336 e. The molecular weight excluding hydrogens is 478 g/mol. The summed E-state index contributed by atoms with van der Waals surface area (Å²) in [6, 6.07) is 9.09. The van der Waals surface area contributed by atoms with Gasteiger partial charge in [0.2, 0.25) is 0 Å². The number of nitrogens with one attached hydrogen (secondary N) is 1. The Bertz CT molecular complexity index is 1210. The minimum Gasteiger partial charge on any atom is -0.504 e. The fourth-order valence-corrected chi connectivity index (χ4v) is 6.20. The normalized spacial score (nSPS) is 23.9. The van der Waals surface area contributed by atoms with Gasteiger partial charge in [0.1, 0.15) is 6.61 Å². The fraction of sp³-hybridized carbons (Fsp3) is 0.429. The first kappa shape index (κ1) is 24.6. The van der Waals surface area contributed by atoms with Gasteiger partial charge in [-0.15, -0.1) is 11.3 Å².